The molecule has 2 nitrogen and oxygen atoms in total. The van der Waals surface area contributed by atoms with E-state index in [4.69, 9.17) is 0 Å². The first-order valence-electron chi connectivity index (χ1n) is 12.4. The van der Waals surface area contributed by atoms with E-state index in [0.717, 1.165) is 0 Å². The maximum absolute atomic E-state index is 4.59. The Morgan fingerprint density at radius 2 is 0.963 bits per heavy atom. The van der Waals surface area contributed by atoms with Gasteiger partial charge in [0.15, 0.2) is 0 Å². The van der Waals surface area contributed by atoms with Gasteiger partial charge in [-0.05, 0) is 25.7 Å². The van der Waals surface area contributed by atoms with E-state index < -0.39 is 0 Å². The second-order valence-corrected chi connectivity index (χ2v) is 8.48. The first-order chi connectivity index (χ1) is 13.4. The van der Waals surface area contributed by atoms with Crippen LogP contribution in [0.1, 0.15) is 141 Å². The number of aromatic amines is 1. The standard InChI is InChI=1S/C25H48N2/c1-3-5-7-9-11-13-14-16-18-20-22-25-24(26-23-27-25)21-19-17-15-12-10-8-6-4-2/h23H,3-22H2,1-2H3,(H,26,27). The minimum Gasteiger partial charge on any atom is -0.348 e. The van der Waals surface area contributed by atoms with Gasteiger partial charge in [-0.15, -0.1) is 0 Å². The molecule has 0 amide bonds. The number of hydrogen-bond donors (Lipinski definition) is 1. The van der Waals surface area contributed by atoms with E-state index in [9.17, 15) is 0 Å². The maximum atomic E-state index is 4.59. The zero-order chi connectivity index (χ0) is 19.4. The molecule has 27 heavy (non-hydrogen) atoms. The molecule has 0 aliphatic rings. The van der Waals surface area contributed by atoms with E-state index in [1.54, 1.807) is 0 Å². The van der Waals surface area contributed by atoms with Crippen LogP contribution in [0.5, 0.6) is 0 Å². The molecule has 0 unspecified atom stereocenters. The van der Waals surface area contributed by atoms with E-state index in [1.165, 1.54) is 140 Å². The van der Waals surface area contributed by atoms with Crippen LogP contribution in [0.3, 0.4) is 0 Å². The van der Waals surface area contributed by atoms with Gasteiger partial charge in [-0.1, -0.05) is 117 Å². The maximum Gasteiger partial charge on any atom is 0.0925 e. The van der Waals surface area contributed by atoms with Crippen LogP contribution in [0.25, 0.3) is 0 Å². The third-order valence-corrected chi connectivity index (χ3v) is 5.85. The number of hydrogen-bond acceptors (Lipinski definition) is 1. The summed E-state index contributed by atoms with van der Waals surface area (Å²) in [6, 6.07) is 0. The minimum atomic E-state index is 1.17. The van der Waals surface area contributed by atoms with Crippen LogP contribution in [0, 0.1) is 0 Å². The summed E-state index contributed by atoms with van der Waals surface area (Å²) in [4.78, 5) is 7.98. The van der Waals surface area contributed by atoms with Gasteiger partial charge >= 0.3 is 0 Å². The molecular formula is C25H48N2. The fourth-order valence-electron chi connectivity index (χ4n) is 4.00. The predicted molar refractivity (Wildman–Crippen MR) is 120 cm³/mol. The van der Waals surface area contributed by atoms with Crippen molar-refractivity contribution in [1.29, 1.82) is 0 Å². The third kappa shape index (κ3) is 13.9. The number of H-pyrrole nitrogens is 1. The van der Waals surface area contributed by atoms with Crippen LogP contribution in [0.15, 0.2) is 6.33 Å². The van der Waals surface area contributed by atoms with E-state index in [0.29, 0.717) is 0 Å². The molecule has 0 fully saturated rings. The average Bonchev–Trinajstić information content (AvgIpc) is 3.12. The van der Waals surface area contributed by atoms with Crippen molar-refractivity contribution >= 4 is 0 Å². The van der Waals surface area contributed by atoms with Crippen LogP contribution in [0.4, 0.5) is 0 Å². The highest BCUT2D eigenvalue weighted by molar-refractivity contribution is 5.11. The van der Waals surface area contributed by atoms with Crippen LogP contribution in [-0.4, -0.2) is 9.97 Å². The first-order valence-corrected chi connectivity index (χ1v) is 12.4. The van der Waals surface area contributed by atoms with Gasteiger partial charge in [0.25, 0.3) is 0 Å². The molecule has 1 aromatic heterocycles. The van der Waals surface area contributed by atoms with Crippen LogP contribution < -0.4 is 0 Å². The molecule has 0 aliphatic heterocycles. The Hall–Kier alpha value is -0.790. The van der Waals surface area contributed by atoms with Gasteiger partial charge in [0.2, 0.25) is 0 Å². The zero-order valence-corrected chi connectivity index (χ0v) is 18.7. The molecule has 0 aromatic carbocycles. The van der Waals surface area contributed by atoms with Crippen molar-refractivity contribution in [3.8, 4) is 0 Å². The fraction of sp³-hybridized carbons (Fsp3) is 0.880. The first kappa shape index (κ1) is 24.2. The smallest absolute Gasteiger partial charge is 0.0925 e. The number of nitrogens with zero attached hydrogens (tertiary/aromatic N) is 1. The Morgan fingerprint density at radius 1 is 0.556 bits per heavy atom. The lowest BCUT2D eigenvalue weighted by atomic mass is 10.0. The summed E-state index contributed by atoms with van der Waals surface area (Å²) in [5.41, 5.74) is 2.76. The molecule has 1 heterocycles. The quantitative estimate of drug-likeness (QED) is 0.227. The van der Waals surface area contributed by atoms with E-state index >= 15 is 0 Å². The van der Waals surface area contributed by atoms with Crippen molar-refractivity contribution in [1.82, 2.24) is 9.97 Å². The highest BCUT2D eigenvalue weighted by atomic mass is 14.9. The molecule has 0 saturated carbocycles. The zero-order valence-electron chi connectivity index (χ0n) is 18.7. The van der Waals surface area contributed by atoms with Crippen molar-refractivity contribution in [3.63, 3.8) is 0 Å². The summed E-state index contributed by atoms with van der Waals surface area (Å²) in [6.45, 7) is 4.58. The van der Waals surface area contributed by atoms with Gasteiger partial charge < -0.3 is 4.98 Å². The number of aryl methyl sites for hydroxylation is 2. The highest BCUT2D eigenvalue weighted by Gasteiger charge is 2.05. The van der Waals surface area contributed by atoms with Gasteiger partial charge in [0, 0.05) is 5.69 Å². The van der Waals surface area contributed by atoms with Crippen molar-refractivity contribution in [3.05, 3.63) is 17.7 Å². The lowest BCUT2D eigenvalue weighted by Gasteiger charge is -2.05. The van der Waals surface area contributed by atoms with Crippen molar-refractivity contribution in [2.24, 2.45) is 0 Å². The summed E-state index contributed by atoms with van der Waals surface area (Å²) in [5, 5.41) is 0. The minimum absolute atomic E-state index is 1.17. The summed E-state index contributed by atoms with van der Waals surface area (Å²) in [7, 11) is 0. The van der Waals surface area contributed by atoms with E-state index in [-0.39, 0.29) is 0 Å². The molecule has 0 saturated heterocycles. The molecule has 1 N–H and O–H groups in total. The highest BCUT2D eigenvalue weighted by Crippen LogP contribution is 2.15. The van der Waals surface area contributed by atoms with Crippen LogP contribution >= 0.6 is 0 Å². The van der Waals surface area contributed by atoms with Gasteiger partial charge in [-0.3, -0.25) is 0 Å². The molecule has 0 aliphatic carbocycles. The number of aromatic nitrogens is 2. The Kier molecular flexibility index (Phi) is 16.7. The molecule has 1 aromatic rings. The lowest BCUT2D eigenvalue weighted by Crippen LogP contribution is -1.95. The summed E-state index contributed by atoms with van der Waals surface area (Å²) in [5.74, 6) is 0. The molecule has 0 spiro atoms. The molecule has 2 heteroatoms. The van der Waals surface area contributed by atoms with E-state index in [2.05, 4.69) is 23.8 Å². The number of imidazole rings is 1. The Balaban J connectivity index is 1.96. The Bertz CT molecular complexity index is 410. The largest absolute Gasteiger partial charge is 0.348 e. The summed E-state index contributed by atoms with van der Waals surface area (Å²) >= 11 is 0. The van der Waals surface area contributed by atoms with E-state index in [1.807, 2.05) is 6.33 Å². The summed E-state index contributed by atoms with van der Waals surface area (Å²) < 4.78 is 0. The summed E-state index contributed by atoms with van der Waals surface area (Å²) in [6.07, 6.45) is 29.5. The van der Waals surface area contributed by atoms with Crippen LogP contribution in [-0.2, 0) is 12.8 Å². The number of rotatable bonds is 20. The van der Waals surface area contributed by atoms with Crippen molar-refractivity contribution < 1.29 is 0 Å². The molecule has 0 bridgehead atoms. The molecule has 0 atom stereocenters. The lowest BCUT2D eigenvalue weighted by molar-refractivity contribution is 0.554. The predicted octanol–water partition coefficient (Wildman–Crippen LogP) is 8.56. The Labute approximate surface area is 170 Å². The van der Waals surface area contributed by atoms with Gasteiger partial charge in [-0.25, -0.2) is 4.98 Å². The second-order valence-electron chi connectivity index (χ2n) is 8.48. The molecule has 1 rings (SSSR count). The SMILES string of the molecule is CCCCCCCCCCCCc1nc[nH]c1CCCCCCCCCC. The van der Waals surface area contributed by atoms with Gasteiger partial charge in [0.05, 0.1) is 12.0 Å². The van der Waals surface area contributed by atoms with Gasteiger partial charge in [-0.2, -0.15) is 0 Å². The van der Waals surface area contributed by atoms with Crippen molar-refractivity contribution in [2.45, 2.75) is 142 Å². The average molecular weight is 377 g/mol. The topological polar surface area (TPSA) is 28.7 Å². The monoisotopic (exact) mass is 376 g/mol. The third-order valence-electron chi connectivity index (χ3n) is 5.85. The molecule has 0 radical (unpaired) electrons. The number of nitrogens with one attached hydrogen (secondary N) is 1. The second kappa shape index (κ2) is 18.6. The molecule has 158 valence electrons. The van der Waals surface area contributed by atoms with Crippen LogP contribution in [0.2, 0.25) is 0 Å². The Morgan fingerprint density at radius 3 is 1.44 bits per heavy atom. The normalized spacial score (nSPS) is 11.3. The molecular weight excluding hydrogens is 328 g/mol. The van der Waals surface area contributed by atoms with Crippen molar-refractivity contribution in [2.75, 3.05) is 0 Å². The van der Waals surface area contributed by atoms with Gasteiger partial charge in [0.1, 0.15) is 0 Å². The number of unbranched alkanes of at least 4 members (excludes halogenated alkanes) is 16. The fourth-order valence-corrected chi connectivity index (χ4v) is 4.00.